The fraction of sp³-hybridized carbons (Fsp3) is 0.429. The van der Waals surface area contributed by atoms with Gasteiger partial charge in [0.05, 0.1) is 26.4 Å². The van der Waals surface area contributed by atoms with Gasteiger partial charge >= 0.3 is 0 Å². The third-order valence-corrected chi connectivity index (χ3v) is 12.8. The van der Waals surface area contributed by atoms with Crippen LogP contribution in [0.3, 0.4) is 0 Å². The molecule has 3 aromatic rings. The van der Waals surface area contributed by atoms with Crippen LogP contribution in [0.1, 0.15) is 58.4 Å². The van der Waals surface area contributed by atoms with E-state index in [0.29, 0.717) is 26.4 Å². The highest BCUT2D eigenvalue weighted by atomic mass is 28.4. The van der Waals surface area contributed by atoms with E-state index in [2.05, 4.69) is 112 Å². The van der Waals surface area contributed by atoms with Crippen LogP contribution in [0.25, 0.3) is 0 Å². The van der Waals surface area contributed by atoms with Gasteiger partial charge in [-0.1, -0.05) is 124 Å². The molecule has 1 aliphatic rings. The van der Waals surface area contributed by atoms with Crippen LogP contribution in [-0.4, -0.2) is 40.0 Å². The summed E-state index contributed by atoms with van der Waals surface area (Å²) < 4.78 is 26.6. The summed E-state index contributed by atoms with van der Waals surface area (Å²) in [4.78, 5) is 0. The molecule has 40 heavy (non-hydrogen) atoms. The van der Waals surface area contributed by atoms with Crippen molar-refractivity contribution in [1.82, 2.24) is 0 Å². The Labute approximate surface area is 242 Å². The van der Waals surface area contributed by atoms with Crippen molar-refractivity contribution in [1.29, 1.82) is 0 Å². The van der Waals surface area contributed by atoms with Gasteiger partial charge in [-0.3, -0.25) is 0 Å². The van der Waals surface area contributed by atoms with Crippen molar-refractivity contribution in [3.8, 4) is 0 Å². The van der Waals surface area contributed by atoms with Gasteiger partial charge in [0.25, 0.3) is 8.32 Å². The van der Waals surface area contributed by atoms with E-state index in [0.717, 1.165) is 31.2 Å². The van der Waals surface area contributed by atoms with Crippen molar-refractivity contribution in [2.45, 2.75) is 76.4 Å². The lowest BCUT2D eigenvalue weighted by molar-refractivity contribution is -0.269. The Morgan fingerprint density at radius 3 is 1.85 bits per heavy atom. The molecule has 4 nitrogen and oxygen atoms in total. The lowest BCUT2D eigenvalue weighted by Gasteiger charge is -2.44. The molecule has 0 heterocycles. The Balaban J connectivity index is 1.55. The highest BCUT2D eigenvalue weighted by Crippen LogP contribution is 2.37. The molecule has 0 aromatic heterocycles. The Kier molecular flexibility index (Phi) is 10.9. The first kappa shape index (κ1) is 30.4. The van der Waals surface area contributed by atoms with Crippen LogP contribution in [-0.2, 0) is 25.2 Å². The van der Waals surface area contributed by atoms with E-state index < -0.39 is 14.1 Å². The summed E-state index contributed by atoms with van der Waals surface area (Å²) in [5.41, 5.74) is 1.16. The third-order valence-electron chi connectivity index (χ3n) is 7.84. The third kappa shape index (κ3) is 7.59. The summed E-state index contributed by atoms with van der Waals surface area (Å²) in [5.74, 6) is -0.596. The second-order valence-electron chi connectivity index (χ2n) is 11.8. The predicted molar refractivity (Wildman–Crippen MR) is 167 cm³/mol. The lowest BCUT2D eigenvalue weighted by atomic mass is 9.94. The molecular weight excluding hydrogens is 512 g/mol. The summed E-state index contributed by atoms with van der Waals surface area (Å²) in [7, 11) is -2.69. The molecule has 0 N–H and O–H groups in total. The minimum atomic E-state index is -2.69. The second kappa shape index (κ2) is 14.4. The van der Waals surface area contributed by atoms with Gasteiger partial charge < -0.3 is 18.6 Å². The maximum absolute atomic E-state index is 7.19. The van der Waals surface area contributed by atoms with Gasteiger partial charge in [-0.25, -0.2) is 0 Å². The molecule has 0 spiro atoms. The molecule has 5 heteroatoms. The first-order valence-corrected chi connectivity index (χ1v) is 16.6. The van der Waals surface area contributed by atoms with E-state index in [1.807, 2.05) is 6.07 Å². The smallest absolute Gasteiger partial charge is 0.261 e. The van der Waals surface area contributed by atoms with Crippen LogP contribution >= 0.6 is 0 Å². The second-order valence-corrected chi connectivity index (χ2v) is 16.1. The standard InChI is InChI=1S/C35H46O4Si/c1-5-26-36-31(28-38-35(24-16-9-17-25-35)37-27-30-18-10-6-11-19-30)29-39-40(34(2,3)4,32-20-12-7-13-21-32)33-22-14-8-15-23-33/h5-8,10-15,18-23,31H,1,9,16-17,24-29H2,2-4H3. The van der Waals surface area contributed by atoms with Gasteiger partial charge in [0.1, 0.15) is 6.10 Å². The van der Waals surface area contributed by atoms with E-state index in [9.17, 15) is 0 Å². The zero-order valence-electron chi connectivity index (χ0n) is 24.5. The summed E-state index contributed by atoms with van der Waals surface area (Å²) in [6, 6.07) is 31.8. The highest BCUT2D eigenvalue weighted by molar-refractivity contribution is 6.99. The van der Waals surface area contributed by atoms with Crippen molar-refractivity contribution >= 4 is 18.7 Å². The Hall–Kier alpha value is -2.54. The van der Waals surface area contributed by atoms with Gasteiger partial charge in [-0.2, -0.15) is 0 Å². The molecule has 0 radical (unpaired) electrons. The molecule has 0 amide bonds. The zero-order chi connectivity index (χ0) is 28.3. The zero-order valence-corrected chi connectivity index (χ0v) is 25.5. The number of hydrogen-bond donors (Lipinski definition) is 0. The van der Waals surface area contributed by atoms with Gasteiger partial charge in [0, 0.05) is 12.8 Å². The maximum atomic E-state index is 7.19. The number of rotatable bonds is 14. The molecular formula is C35H46O4Si. The van der Waals surface area contributed by atoms with E-state index in [-0.39, 0.29) is 11.1 Å². The molecule has 4 rings (SSSR count). The first-order valence-electron chi connectivity index (χ1n) is 14.7. The number of benzene rings is 3. The molecule has 1 atom stereocenters. The van der Waals surface area contributed by atoms with Crippen molar-refractivity contribution < 1.29 is 18.6 Å². The van der Waals surface area contributed by atoms with Crippen LogP contribution in [0, 0.1) is 0 Å². The molecule has 1 fully saturated rings. The quantitative estimate of drug-likeness (QED) is 0.121. The van der Waals surface area contributed by atoms with Crippen LogP contribution in [0.2, 0.25) is 5.04 Å². The monoisotopic (exact) mass is 558 g/mol. The summed E-state index contributed by atoms with van der Waals surface area (Å²) in [6.07, 6.45) is 6.74. The van der Waals surface area contributed by atoms with E-state index in [4.69, 9.17) is 18.6 Å². The van der Waals surface area contributed by atoms with E-state index in [1.165, 1.54) is 16.8 Å². The van der Waals surface area contributed by atoms with Gasteiger partial charge in [0.15, 0.2) is 5.79 Å². The van der Waals surface area contributed by atoms with Gasteiger partial charge in [0.2, 0.25) is 0 Å². The van der Waals surface area contributed by atoms with E-state index >= 15 is 0 Å². The molecule has 0 saturated heterocycles. The van der Waals surface area contributed by atoms with Gasteiger partial charge in [-0.05, 0) is 33.8 Å². The molecule has 214 valence electrons. The predicted octanol–water partition coefficient (Wildman–Crippen LogP) is 7.03. The molecule has 3 aromatic carbocycles. The topological polar surface area (TPSA) is 36.9 Å². The van der Waals surface area contributed by atoms with Crippen molar-refractivity contribution in [2.24, 2.45) is 0 Å². The lowest BCUT2D eigenvalue weighted by Crippen LogP contribution is -2.67. The molecule has 0 bridgehead atoms. The molecule has 1 saturated carbocycles. The van der Waals surface area contributed by atoms with Crippen LogP contribution in [0.15, 0.2) is 104 Å². The van der Waals surface area contributed by atoms with Crippen LogP contribution < -0.4 is 10.4 Å². The Bertz CT molecular complexity index is 1100. The average molecular weight is 559 g/mol. The van der Waals surface area contributed by atoms with Gasteiger partial charge in [-0.15, -0.1) is 6.58 Å². The molecule has 0 aliphatic heterocycles. The number of ether oxygens (including phenoxy) is 3. The van der Waals surface area contributed by atoms with Crippen molar-refractivity contribution in [2.75, 3.05) is 19.8 Å². The SMILES string of the molecule is C=CCOC(COC1(OCc2ccccc2)CCCCC1)CO[Si](c1ccccc1)(c1ccccc1)C(C)(C)C. The minimum absolute atomic E-state index is 0.108. The fourth-order valence-corrected chi connectivity index (χ4v) is 10.4. The summed E-state index contributed by atoms with van der Waals surface area (Å²) >= 11 is 0. The molecule has 1 unspecified atom stereocenters. The Morgan fingerprint density at radius 1 is 0.775 bits per heavy atom. The first-order chi connectivity index (χ1) is 19.4. The van der Waals surface area contributed by atoms with E-state index in [1.54, 1.807) is 6.08 Å². The molecule has 1 aliphatic carbocycles. The summed E-state index contributed by atoms with van der Waals surface area (Å²) in [6.45, 7) is 12.6. The number of hydrogen-bond acceptors (Lipinski definition) is 4. The van der Waals surface area contributed by atoms with Crippen LogP contribution in [0.4, 0.5) is 0 Å². The van der Waals surface area contributed by atoms with Crippen molar-refractivity contribution in [3.63, 3.8) is 0 Å². The maximum Gasteiger partial charge on any atom is 0.261 e. The minimum Gasteiger partial charge on any atom is -0.405 e. The average Bonchev–Trinajstić information content (AvgIpc) is 2.99. The summed E-state index contributed by atoms with van der Waals surface area (Å²) in [5, 5.41) is 2.40. The fourth-order valence-electron chi connectivity index (χ4n) is 5.78. The largest absolute Gasteiger partial charge is 0.405 e. The van der Waals surface area contributed by atoms with Crippen LogP contribution in [0.5, 0.6) is 0 Å². The Morgan fingerprint density at radius 2 is 1.32 bits per heavy atom. The normalized spacial score (nSPS) is 16.4. The van der Waals surface area contributed by atoms with Crippen molar-refractivity contribution in [3.05, 3.63) is 109 Å². The highest BCUT2D eigenvalue weighted by Gasteiger charge is 2.50.